The predicted molar refractivity (Wildman–Crippen MR) is 116 cm³/mol. The third-order valence-corrected chi connectivity index (χ3v) is 4.27. The van der Waals surface area contributed by atoms with Crippen molar-refractivity contribution in [3.05, 3.63) is 90.0 Å². The standard InChI is InChI=1S/C23H21N3O5/c1-30-19-12-6-11-18(14-19)25-21(27)20(15-7-3-2-4-8-15)31-22(28)16-9-5-10-17(13-16)26-23(24)29/h2-14,20H,1H3,(H,25,27)(H3,24,26,29)/t20-/m0/s1. The first-order chi connectivity index (χ1) is 15.0. The molecule has 0 aliphatic heterocycles. The number of benzene rings is 3. The Bertz CT molecular complexity index is 1090. The van der Waals surface area contributed by atoms with Crippen LogP contribution < -0.4 is 21.1 Å². The van der Waals surface area contributed by atoms with E-state index in [0.29, 0.717) is 22.7 Å². The molecule has 0 aromatic heterocycles. The summed E-state index contributed by atoms with van der Waals surface area (Å²) in [6, 6.07) is 20.8. The van der Waals surface area contributed by atoms with Gasteiger partial charge in [0.2, 0.25) is 6.10 Å². The van der Waals surface area contributed by atoms with Gasteiger partial charge in [0.05, 0.1) is 12.7 Å². The molecule has 0 radical (unpaired) electrons. The zero-order valence-electron chi connectivity index (χ0n) is 16.7. The summed E-state index contributed by atoms with van der Waals surface area (Å²) >= 11 is 0. The van der Waals surface area contributed by atoms with Crippen LogP contribution in [0.25, 0.3) is 0 Å². The van der Waals surface area contributed by atoms with Gasteiger partial charge in [0, 0.05) is 23.0 Å². The molecule has 0 spiro atoms. The monoisotopic (exact) mass is 419 g/mol. The lowest BCUT2D eigenvalue weighted by Gasteiger charge is -2.18. The fraction of sp³-hybridized carbons (Fsp3) is 0.0870. The number of esters is 1. The summed E-state index contributed by atoms with van der Waals surface area (Å²) in [7, 11) is 1.52. The summed E-state index contributed by atoms with van der Waals surface area (Å²) in [6.07, 6.45) is -1.20. The average Bonchev–Trinajstić information content (AvgIpc) is 2.77. The molecule has 8 nitrogen and oxygen atoms in total. The quantitative estimate of drug-likeness (QED) is 0.504. The van der Waals surface area contributed by atoms with Crippen molar-refractivity contribution in [1.29, 1.82) is 0 Å². The Labute approximate surface area is 179 Å². The number of carbonyl (C=O) groups excluding carboxylic acids is 3. The second kappa shape index (κ2) is 9.93. The molecule has 3 amide bonds. The molecule has 0 unspecified atom stereocenters. The molecule has 0 saturated carbocycles. The lowest BCUT2D eigenvalue weighted by molar-refractivity contribution is -0.125. The number of rotatable bonds is 7. The van der Waals surface area contributed by atoms with Crippen molar-refractivity contribution >= 4 is 29.3 Å². The smallest absolute Gasteiger partial charge is 0.339 e. The Morgan fingerprint density at radius 2 is 1.52 bits per heavy atom. The number of anilines is 2. The van der Waals surface area contributed by atoms with Crippen LogP contribution in [0.15, 0.2) is 78.9 Å². The number of urea groups is 1. The summed E-state index contributed by atoms with van der Waals surface area (Å²) in [6.45, 7) is 0. The van der Waals surface area contributed by atoms with Gasteiger partial charge in [-0.2, -0.15) is 0 Å². The van der Waals surface area contributed by atoms with Gasteiger partial charge < -0.3 is 25.8 Å². The van der Waals surface area contributed by atoms with Crippen LogP contribution in [0, 0.1) is 0 Å². The highest BCUT2D eigenvalue weighted by Gasteiger charge is 2.26. The molecule has 0 aliphatic rings. The van der Waals surface area contributed by atoms with E-state index in [9.17, 15) is 14.4 Å². The minimum atomic E-state index is -1.20. The zero-order chi connectivity index (χ0) is 22.2. The maximum atomic E-state index is 13.0. The Morgan fingerprint density at radius 1 is 0.839 bits per heavy atom. The van der Waals surface area contributed by atoms with E-state index in [4.69, 9.17) is 15.2 Å². The number of primary amides is 1. The SMILES string of the molecule is COc1cccc(NC(=O)[C@@H](OC(=O)c2cccc(NC(N)=O)c2)c2ccccc2)c1. The van der Waals surface area contributed by atoms with Gasteiger partial charge in [-0.25, -0.2) is 9.59 Å². The number of nitrogens with two attached hydrogens (primary N) is 1. The van der Waals surface area contributed by atoms with Crippen LogP contribution >= 0.6 is 0 Å². The van der Waals surface area contributed by atoms with E-state index in [-0.39, 0.29) is 5.56 Å². The Balaban J connectivity index is 1.83. The number of ether oxygens (including phenoxy) is 2. The van der Waals surface area contributed by atoms with Gasteiger partial charge in [-0.3, -0.25) is 4.79 Å². The Hall–Kier alpha value is -4.33. The van der Waals surface area contributed by atoms with Crippen LogP contribution in [0.5, 0.6) is 5.75 Å². The summed E-state index contributed by atoms with van der Waals surface area (Å²) in [5.74, 6) is -0.688. The van der Waals surface area contributed by atoms with Crippen LogP contribution in [0.4, 0.5) is 16.2 Å². The molecule has 4 N–H and O–H groups in total. The normalized spacial score (nSPS) is 11.1. The third kappa shape index (κ3) is 5.83. The maximum Gasteiger partial charge on any atom is 0.339 e. The predicted octanol–water partition coefficient (Wildman–Crippen LogP) is 3.72. The Kier molecular flexibility index (Phi) is 6.85. The molecular weight excluding hydrogens is 398 g/mol. The minimum absolute atomic E-state index is 0.154. The molecule has 8 heteroatoms. The highest BCUT2D eigenvalue weighted by molar-refractivity contribution is 5.99. The van der Waals surface area contributed by atoms with Crippen LogP contribution in [0.2, 0.25) is 0 Å². The van der Waals surface area contributed by atoms with E-state index in [0.717, 1.165) is 0 Å². The largest absolute Gasteiger partial charge is 0.497 e. The van der Waals surface area contributed by atoms with Gasteiger partial charge in [0.1, 0.15) is 5.75 Å². The molecule has 3 aromatic rings. The minimum Gasteiger partial charge on any atom is -0.497 e. The Morgan fingerprint density at radius 3 is 2.19 bits per heavy atom. The number of methoxy groups -OCH3 is 1. The summed E-state index contributed by atoms with van der Waals surface area (Å²) in [5, 5.41) is 5.13. The van der Waals surface area contributed by atoms with E-state index < -0.39 is 24.0 Å². The molecule has 0 saturated heterocycles. The lowest BCUT2D eigenvalue weighted by atomic mass is 10.1. The highest BCUT2D eigenvalue weighted by atomic mass is 16.5. The molecule has 1 atom stereocenters. The number of hydrogen-bond donors (Lipinski definition) is 3. The first-order valence-corrected chi connectivity index (χ1v) is 9.33. The van der Waals surface area contributed by atoms with Gasteiger partial charge in [-0.1, -0.05) is 42.5 Å². The van der Waals surface area contributed by atoms with Gasteiger partial charge >= 0.3 is 12.0 Å². The third-order valence-electron chi connectivity index (χ3n) is 4.27. The lowest BCUT2D eigenvalue weighted by Crippen LogP contribution is -2.26. The van der Waals surface area contributed by atoms with Crippen molar-refractivity contribution in [3.63, 3.8) is 0 Å². The van der Waals surface area contributed by atoms with Crippen molar-refractivity contribution in [1.82, 2.24) is 0 Å². The molecule has 3 aromatic carbocycles. The average molecular weight is 419 g/mol. The van der Waals surface area contributed by atoms with E-state index in [1.165, 1.54) is 19.2 Å². The molecule has 0 aliphatic carbocycles. The number of hydrogen-bond acceptors (Lipinski definition) is 5. The molecule has 0 heterocycles. The van der Waals surface area contributed by atoms with Crippen molar-refractivity contribution in [3.8, 4) is 5.75 Å². The topological polar surface area (TPSA) is 120 Å². The number of carbonyl (C=O) groups is 3. The second-order valence-corrected chi connectivity index (χ2v) is 6.49. The summed E-state index contributed by atoms with van der Waals surface area (Å²) in [4.78, 5) is 36.8. The van der Waals surface area contributed by atoms with E-state index in [1.54, 1.807) is 66.7 Å². The van der Waals surface area contributed by atoms with Crippen molar-refractivity contribution in [2.45, 2.75) is 6.10 Å². The van der Waals surface area contributed by atoms with Crippen molar-refractivity contribution in [2.24, 2.45) is 5.73 Å². The van der Waals surface area contributed by atoms with Crippen LogP contribution in [0.3, 0.4) is 0 Å². The van der Waals surface area contributed by atoms with Crippen LogP contribution in [-0.4, -0.2) is 25.0 Å². The van der Waals surface area contributed by atoms with E-state index >= 15 is 0 Å². The van der Waals surface area contributed by atoms with Crippen molar-refractivity contribution in [2.75, 3.05) is 17.7 Å². The van der Waals surface area contributed by atoms with Gasteiger partial charge in [-0.15, -0.1) is 0 Å². The first-order valence-electron chi connectivity index (χ1n) is 9.33. The first kappa shape index (κ1) is 21.4. The summed E-state index contributed by atoms with van der Waals surface area (Å²) < 4.78 is 10.7. The molecular formula is C23H21N3O5. The fourth-order valence-electron chi connectivity index (χ4n) is 2.85. The van der Waals surface area contributed by atoms with Crippen LogP contribution in [-0.2, 0) is 9.53 Å². The van der Waals surface area contributed by atoms with E-state index in [1.807, 2.05) is 0 Å². The summed E-state index contributed by atoms with van der Waals surface area (Å²) in [5.41, 5.74) is 6.60. The van der Waals surface area contributed by atoms with Gasteiger partial charge in [-0.05, 0) is 30.3 Å². The second-order valence-electron chi connectivity index (χ2n) is 6.49. The van der Waals surface area contributed by atoms with Crippen LogP contribution in [0.1, 0.15) is 22.0 Å². The maximum absolute atomic E-state index is 13.0. The fourth-order valence-corrected chi connectivity index (χ4v) is 2.85. The molecule has 158 valence electrons. The van der Waals surface area contributed by atoms with Crippen molar-refractivity contribution < 1.29 is 23.9 Å². The highest BCUT2D eigenvalue weighted by Crippen LogP contribution is 2.24. The number of nitrogens with one attached hydrogen (secondary N) is 2. The van der Waals surface area contributed by atoms with Gasteiger partial charge in [0.15, 0.2) is 0 Å². The zero-order valence-corrected chi connectivity index (χ0v) is 16.7. The molecule has 31 heavy (non-hydrogen) atoms. The molecule has 0 bridgehead atoms. The molecule has 3 rings (SSSR count). The number of amides is 3. The van der Waals surface area contributed by atoms with E-state index in [2.05, 4.69) is 10.6 Å². The van der Waals surface area contributed by atoms with Gasteiger partial charge in [0.25, 0.3) is 5.91 Å². The molecule has 0 fully saturated rings.